The lowest BCUT2D eigenvalue weighted by Crippen LogP contribution is -2.35. The Morgan fingerprint density at radius 2 is 1.90 bits per heavy atom. The van der Waals surface area contributed by atoms with E-state index in [4.69, 9.17) is 38.0 Å². The van der Waals surface area contributed by atoms with Crippen LogP contribution in [0.3, 0.4) is 0 Å². The number of carbonyl (C=O) groups is 2. The van der Waals surface area contributed by atoms with Crippen LogP contribution in [-0.2, 0) is 29.7 Å². The summed E-state index contributed by atoms with van der Waals surface area (Å²) >= 11 is 14.2. The van der Waals surface area contributed by atoms with E-state index in [0.29, 0.717) is 66.3 Å². The van der Waals surface area contributed by atoms with Crippen LogP contribution in [-0.4, -0.2) is 74.4 Å². The summed E-state index contributed by atoms with van der Waals surface area (Å²) in [7, 11) is 3.50. The van der Waals surface area contributed by atoms with Crippen LogP contribution >= 0.6 is 23.2 Å². The predicted molar refractivity (Wildman–Crippen MR) is 193 cm³/mol. The molecule has 0 spiro atoms. The van der Waals surface area contributed by atoms with E-state index in [1.807, 2.05) is 66.3 Å². The molecule has 1 amide bonds. The summed E-state index contributed by atoms with van der Waals surface area (Å²) in [6, 6.07) is 17.7. The highest BCUT2D eigenvalue weighted by atomic mass is 35.5. The minimum Gasteiger partial charge on any atom is -0.481 e. The van der Waals surface area contributed by atoms with Gasteiger partial charge in [0, 0.05) is 85.1 Å². The number of likely N-dealkylation sites (tertiary alicyclic amines) is 1. The van der Waals surface area contributed by atoms with Gasteiger partial charge in [-0.05, 0) is 37.6 Å². The molecule has 0 aliphatic carbocycles. The number of nitrogens with zero attached hydrogens (tertiary/aromatic N) is 5. The molecule has 3 aromatic heterocycles. The molecule has 258 valence electrons. The van der Waals surface area contributed by atoms with Crippen molar-refractivity contribution in [1.29, 1.82) is 0 Å². The molecule has 0 bridgehead atoms. The number of pyridine rings is 2. The maximum Gasteiger partial charge on any atom is 0.307 e. The monoisotopic (exact) mass is 713 g/mol. The highest BCUT2D eigenvalue weighted by Crippen LogP contribution is 2.42. The van der Waals surface area contributed by atoms with Gasteiger partial charge in [0.2, 0.25) is 11.8 Å². The second kappa shape index (κ2) is 14.4. The summed E-state index contributed by atoms with van der Waals surface area (Å²) in [6.45, 7) is 3.07. The Bertz CT molecular complexity index is 2100. The Hall–Kier alpha value is -4.55. The molecule has 13 heteroatoms. The number of carboxylic acid groups (broad SMARTS) is 1. The standard InChI is InChI=1S/C37H37Cl2N7O4/c1-45-31-16-21(6-9-27(31)30(44-45)20-46-15-13-23(19-46)37(48)49)35-34(39)26(12-14-41-35)25-4-3-5-28(33(25)38)29-10-7-22(36(43-29)50-2)17-40-18-24-8-11-32(47)42-24/h3-7,9-10,12,14,16,23-24,40H,8,11,13,15,17-20H2,1-2H3,(H,42,47)(H,48,49)/t23-,24-/m0/s1. The second-order valence-corrected chi connectivity index (χ2v) is 13.6. The molecule has 5 heterocycles. The maximum absolute atomic E-state index is 11.5. The molecule has 0 unspecified atom stereocenters. The van der Waals surface area contributed by atoms with Crippen molar-refractivity contribution >= 4 is 46.0 Å². The van der Waals surface area contributed by atoms with E-state index < -0.39 is 5.97 Å². The van der Waals surface area contributed by atoms with Gasteiger partial charge < -0.3 is 20.5 Å². The second-order valence-electron chi connectivity index (χ2n) is 12.8. The normalized spacial score (nSPS) is 17.8. The van der Waals surface area contributed by atoms with Gasteiger partial charge in [0.25, 0.3) is 0 Å². The van der Waals surface area contributed by atoms with Crippen molar-refractivity contribution in [2.75, 3.05) is 26.7 Å². The van der Waals surface area contributed by atoms with E-state index >= 15 is 0 Å². The van der Waals surface area contributed by atoms with E-state index in [1.165, 1.54) is 0 Å². The molecular weight excluding hydrogens is 677 g/mol. The average molecular weight is 715 g/mol. The summed E-state index contributed by atoms with van der Waals surface area (Å²) in [4.78, 5) is 34.6. The number of methoxy groups -OCH3 is 1. The lowest BCUT2D eigenvalue weighted by molar-refractivity contribution is -0.141. The van der Waals surface area contributed by atoms with E-state index in [9.17, 15) is 14.7 Å². The minimum atomic E-state index is -0.744. The van der Waals surface area contributed by atoms with Crippen LogP contribution in [0.15, 0.2) is 60.8 Å². The highest BCUT2D eigenvalue weighted by molar-refractivity contribution is 6.39. The molecule has 11 nitrogen and oxygen atoms in total. The summed E-state index contributed by atoms with van der Waals surface area (Å²) in [5.74, 6) is -0.489. The van der Waals surface area contributed by atoms with Crippen LogP contribution in [0.5, 0.6) is 5.88 Å². The number of nitrogens with one attached hydrogen (secondary N) is 2. The number of aliphatic carboxylic acids is 1. The molecule has 7 rings (SSSR count). The molecule has 0 saturated carbocycles. The molecule has 2 fully saturated rings. The largest absolute Gasteiger partial charge is 0.481 e. The van der Waals surface area contributed by atoms with Crippen LogP contribution in [0.2, 0.25) is 10.0 Å². The molecule has 2 aromatic carbocycles. The molecule has 3 N–H and O–H groups in total. The van der Waals surface area contributed by atoms with Gasteiger partial charge in [-0.2, -0.15) is 5.10 Å². The Balaban J connectivity index is 1.13. The van der Waals surface area contributed by atoms with Crippen LogP contribution in [0.4, 0.5) is 0 Å². The number of carboxylic acids is 1. The zero-order valence-electron chi connectivity index (χ0n) is 27.7. The number of halogens is 2. The van der Waals surface area contributed by atoms with Crippen molar-refractivity contribution in [3.8, 4) is 39.5 Å². The topological polar surface area (TPSA) is 134 Å². The number of benzene rings is 2. The number of aromatic nitrogens is 4. The lowest BCUT2D eigenvalue weighted by Gasteiger charge is -2.15. The van der Waals surface area contributed by atoms with Crippen LogP contribution in [0.1, 0.15) is 30.5 Å². The zero-order valence-corrected chi connectivity index (χ0v) is 29.3. The maximum atomic E-state index is 11.5. The summed E-state index contributed by atoms with van der Waals surface area (Å²) < 4.78 is 7.49. The smallest absolute Gasteiger partial charge is 0.307 e. The van der Waals surface area contributed by atoms with Gasteiger partial charge in [0.05, 0.1) is 45.7 Å². The van der Waals surface area contributed by atoms with Crippen LogP contribution in [0.25, 0.3) is 44.5 Å². The average Bonchev–Trinajstić information content (AvgIpc) is 3.84. The fourth-order valence-electron chi connectivity index (χ4n) is 6.92. The highest BCUT2D eigenvalue weighted by Gasteiger charge is 2.29. The predicted octanol–water partition coefficient (Wildman–Crippen LogP) is 5.95. The van der Waals surface area contributed by atoms with Gasteiger partial charge in [0.15, 0.2) is 0 Å². The zero-order chi connectivity index (χ0) is 34.9. The molecule has 2 aliphatic heterocycles. The third kappa shape index (κ3) is 6.78. The summed E-state index contributed by atoms with van der Waals surface area (Å²) in [5, 5.41) is 22.5. The quantitative estimate of drug-likeness (QED) is 0.152. The number of fused-ring (bicyclic) bond motifs is 1. The molecular formula is C37H37Cl2N7O4. The number of rotatable bonds is 11. The summed E-state index contributed by atoms with van der Waals surface area (Å²) in [5.41, 5.74) is 7.08. The Morgan fingerprint density at radius 1 is 1.08 bits per heavy atom. The van der Waals surface area contributed by atoms with E-state index in [0.717, 1.165) is 57.4 Å². The van der Waals surface area contributed by atoms with Crippen molar-refractivity contribution in [1.82, 2.24) is 35.3 Å². The van der Waals surface area contributed by atoms with Gasteiger partial charge >= 0.3 is 5.97 Å². The first-order valence-electron chi connectivity index (χ1n) is 16.6. The van der Waals surface area contributed by atoms with Gasteiger partial charge in [-0.15, -0.1) is 0 Å². The number of amides is 1. The van der Waals surface area contributed by atoms with E-state index in [-0.39, 0.29) is 17.9 Å². The molecule has 0 radical (unpaired) electrons. The van der Waals surface area contributed by atoms with E-state index in [1.54, 1.807) is 13.3 Å². The first-order valence-corrected chi connectivity index (χ1v) is 17.3. The molecule has 2 aliphatic rings. The summed E-state index contributed by atoms with van der Waals surface area (Å²) in [6.07, 6.45) is 3.77. The van der Waals surface area contributed by atoms with Crippen molar-refractivity contribution in [2.45, 2.75) is 38.4 Å². The van der Waals surface area contributed by atoms with Gasteiger partial charge in [-0.3, -0.25) is 24.2 Å². The number of ether oxygens (including phenoxy) is 1. The molecule has 2 atom stereocenters. The number of hydrogen-bond acceptors (Lipinski definition) is 8. The van der Waals surface area contributed by atoms with Crippen LogP contribution in [0, 0.1) is 5.92 Å². The van der Waals surface area contributed by atoms with Crippen molar-refractivity contribution in [2.24, 2.45) is 13.0 Å². The van der Waals surface area contributed by atoms with Crippen LogP contribution < -0.4 is 15.4 Å². The van der Waals surface area contributed by atoms with Crippen molar-refractivity contribution in [3.05, 3.63) is 82.1 Å². The van der Waals surface area contributed by atoms with Gasteiger partial charge in [0.1, 0.15) is 0 Å². The van der Waals surface area contributed by atoms with Gasteiger partial charge in [-0.1, -0.05) is 59.6 Å². The van der Waals surface area contributed by atoms with Gasteiger partial charge in [-0.25, -0.2) is 4.98 Å². The number of carbonyl (C=O) groups excluding carboxylic acids is 1. The van der Waals surface area contributed by atoms with Crippen molar-refractivity contribution < 1.29 is 19.4 Å². The number of aryl methyl sites for hydroxylation is 1. The molecule has 5 aromatic rings. The first kappa shape index (κ1) is 33.9. The molecule has 50 heavy (non-hydrogen) atoms. The Labute approximate surface area is 299 Å². The molecule has 2 saturated heterocycles. The number of hydrogen-bond donors (Lipinski definition) is 3. The lowest BCUT2D eigenvalue weighted by atomic mass is 9.99. The Kier molecular flexibility index (Phi) is 9.74. The van der Waals surface area contributed by atoms with Crippen molar-refractivity contribution in [3.63, 3.8) is 0 Å². The third-order valence-electron chi connectivity index (χ3n) is 9.57. The minimum absolute atomic E-state index is 0.0950. The fourth-order valence-corrected chi connectivity index (χ4v) is 7.57. The first-order chi connectivity index (χ1) is 24.2. The third-order valence-corrected chi connectivity index (χ3v) is 10.4. The van der Waals surface area contributed by atoms with E-state index in [2.05, 4.69) is 20.5 Å². The Morgan fingerprint density at radius 3 is 2.66 bits per heavy atom. The SMILES string of the molecule is COc1nc(-c2cccc(-c3ccnc(-c4ccc5c(CN6CC[C@H](C(=O)O)C6)nn(C)c5c4)c3Cl)c2Cl)ccc1CNC[C@@H]1CCC(=O)N1. The fraction of sp³-hybridized carbons (Fsp3) is 0.324.